The van der Waals surface area contributed by atoms with Crippen LogP contribution in [-0.2, 0) is 4.79 Å². The van der Waals surface area contributed by atoms with Gasteiger partial charge in [-0.1, -0.05) is 23.9 Å². The van der Waals surface area contributed by atoms with Crippen molar-refractivity contribution in [3.8, 4) is 6.01 Å². The Morgan fingerprint density at radius 1 is 1.25 bits per heavy atom. The Kier molecular flexibility index (Phi) is 5.47. The van der Waals surface area contributed by atoms with Crippen LogP contribution in [0, 0.1) is 13.8 Å². The summed E-state index contributed by atoms with van der Waals surface area (Å²) >= 11 is 1.32. The number of ether oxygens (including phenoxy) is 1. The van der Waals surface area contributed by atoms with Gasteiger partial charge in [0.2, 0.25) is 5.91 Å². The van der Waals surface area contributed by atoms with Crippen molar-refractivity contribution in [3.63, 3.8) is 0 Å². The molecule has 0 radical (unpaired) electrons. The van der Waals surface area contributed by atoms with Crippen LogP contribution in [0.25, 0.3) is 11.1 Å². The van der Waals surface area contributed by atoms with Crippen molar-refractivity contribution < 1.29 is 13.9 Å². The minimum atomic E-state index is -0.0896. The highest BCUT2D eigenvalue weighted by Gasteiger charge is 2.26. The van der Waals surface area contributed by atoms with E-state index in [9.17, 15) is 4.79 Å². The molecule has 7 nitrogen and oxygen atoms in total. The molecule has 1 unspecified atom stereocenters. The Morgan fingerprint density at radius 2 is 2.04 bits per heavy atom. The van der Waals surface area contributed by atoms with Gasteiger partial charge in [0.25, 0.3) is 5.22 Å². The lowest BCUT2D eigenvalue weighted by atomic mass is 10.1. The van der Waals surface area contributed by atoms with Crippen LogP contribution in [0.1, 0.15) is 24.2 Å². The molecule has 0 N–H and O–H groups in total. The molecule has 1 aliphatic heterocycles. The normalized spacial score (nSPS) is 17.1. The van der Waals surface area contributed by atoms with Crippen LogP contribution in [0.5, 0.6) is 6.01 Å². The predicted octanol–water partition coefficient (Wildman–Crippen LogP) is 3.40. The quantitative estimate of drug-likeness (QED) is 0.609. The number of hydrogen-bond acceptors (Lipinski definition) is 7. The van der Waals surface area contributed by atoms with Gasteiger partial charge in [0.05, 0.1) is 12.3 Å². The third kappa shape index (κ3) is 4.44. The van der Waals surface area contributed by atoms with Crippen molar-refractivity contribution in [1.29, 1.82) is 0 Å². The smallest absolute Gasteiger partial charge is 0.317 e. The van der Waals surface area contributed by atoms with E-state index in [1.54, 1.807) is 0 Å². The number of piperidine rings is 1. The summed E-state index contributed by atoms with van der Waals surface area (Å²) in [6, 6.07) is 9.88. The highest BCUT2D eigenvalue weighted by Crippen LogP contribution is 2.24. The minimum Gasteiger partial charge on any atom is -0.458 e. The first kappa shape index (κ1) is 18.7. The second-order valence-corrected chi connectivity index (χ2v) is 7.82. The molecular weight excluding hydrogens is 376 g/mol. The average molecular weight is 398 g/mol. The number of aryl methyl sites for hydroxylation is 2. The summed E-state index contributed by atoms with van der Waals surface area (Å²) in [4.78, 5) is 27.5. The minimum absolute atomic E-state index is 0.0573. The van der Waals surface area contributed by atoms with Crippen LogP contribution in [0.4, 0.5) is 0 Å². The first-order chi connectivity index (χ1) is 13.6. The molecule has 0 saturated carbocycles. The molecule has 8 heteroatoms. The van der Waals surface area contributed by atoms with Gasteiger partial charge in [-0.25, -0.2) is 15.0 Å². The summed E-state index contributed by atoms with van der Waals surface area (Å²) in [7, 11) is 0. The fraction of sp³-hybridized carbons (Fsp3) is 0.400. The van der Waals surface area contributed by atoms with E-state index in [4.69, 9.17) is 9.15 Å². The number of likely N-dealkylation sites (tertiary alicyclic amines) is 1. The average Bonchev–Trinajstić information content (AvgIpc) is 3.08. The van der Waals surface area contributed by atoms with Crippen molar-refractivity contribution in [3.05, 3.63) is 41.7 Å². The second-order valence-electron chi connectivity index (χ2n) is 6.89. The Hall–Kier alpha value is -2.61. The van der Waals surface area contributed by atoms with Crippen molar-refractivity contribution in [2.75, 3.05) is 18.8 Å². The van der Waals surface area contributed by atoms with Crippen LogP contribution in [0.3, 0.4) is 0 Å². The monoisotopic (exact) mass is 398 g/mol. The molecule has 1 amide bonds. The van der Waals surface area contributed by atoms with Gasteiger partial charge in [-0.15, -0.1) is 0 Å². The van der Waals surface area contributed by atoms with Crippen molar-refractivity contribution in [2.24, 2.45) is 0 Å². The third-order valence-electron chi connectivity index (χ3n) is 4.56. The molecule has 1 atom stereocenters. The summed E-state index contributed by atoms with van der Waals surface area (Å²) in [5.74, 6) is 0.349. The van der Waals surface area contributed by atoms with Crippen molar-refractivity contribution >= 4 is 28.8 Å². The zero-order valence-corrected chi connectivity index (χ0v) is 16.7. The number of nitrogens with zero attached hydrogens (tertiary/aromatic N) is 4. The molecular formula is C20H22N4O3S. The third-order valence-corrected chi connectivity index (χ3v) is 5.37. The maximum atomic E-state index is 12.6. The topological polar surface area (TPSA) is 81.4 Å². The summed E-state index contributed by atoms with van der Waals surface area (Å²) < 4.78 is 11.6. The van der Waals surface area contributed by atoms with Gasteiger partial charge in [-0.3, -0.25) is 4.79 Å². The molecule has 3 heterocycles. The molecule has 0 aliphatic carbocycles. The van der Waals surface area contributed by atoms with Crippen LogP contribution in [0.2, 0.25) is 0 Å². The Labute approximate surface area is 167 Å². The first-order valence-electron chi connectivity index (χ1n) is 9.32. The van der Waals surface area contributed by atoms with Crippen molar-refractivity contribution in [2.45, 2.75) is 38.0 Å². The predicted molar refractivity (Wildman–Crippen MR) is 106 cm³/mol. The number of carbonyl (C=O) groups excluding carboxylic acids is 1. The summed E-state index contributed by atoms with van der Waals surface area (Å²) in [6.45, 7) is 5.12. The van der Waals surface area contributed by atoms with Crippen LogP contribution in [-0.4, -0.2) is 50.7 Å². The first-order valence-corrected chi connectivity index (χ1v) is 10.3. The largest absolute Gasteiger partial charge is 0.458 e. The van der Waals surface area contributed by atoms with E-state index < -0.39 is 0 Å². The number of amides is 1. The van der Waals surface area contributed by atoms with E-state index in [2.05, 4.69) is 15.0 Å². The number of hydrogen-bond donors (Lipinski definition) is 0. The lowest BCUT2D eigenvalue weighted by molar-refractivity contribution is -0.131. The molecule has 1 saturated heterocycles. The highest BCUT2D eigenvalue weighted by atomic mass is 32.2. The Bertz CT molecular complexity index is 937. The van der Waals surface area contributed by atoms with Gasteiger partial charge >= 0.3 is 6.01 Å². The van der Waals surface area contributed by atoms with E-state index in [1.807, 2.05) is 49.1 Å². The highest BCUT2D eigenvalue weighted by molar-refractivity contribution is 7.99. The molecule has 28 heavy (non-hydrogen) atoms. The summed E-state index contributed by atoms with van der Waals surface area (Å²) in [5.41, 5.74) is 3.29. The number of oxazole rings is 1. The van der Waals surface area contributed by atoms with E-state index in [0.717, 1.165) is 41.9 Å². The van der Waals surface area contributed by atoms with E-state index in [0.29, 0.717) is 23.5 Å². The Morgan fingerprint density at radius 3 is 2.82 bits per heavy atom. The molecule has 3 aromatic rings. The molecule has 0 spiro atoms. The van der Waals surface area contributed by atoms with Gasteiger partial charge in [0.15, 0.2) is 5.58 Å². The maximum absolute atomic E-state index is 12.6. The number of thioether (sulfide) groups is 1. The van der Waals surface area contributed by atoms with Gasteiger partial charge in [-0.2, -0.15) is 0 Å². The van der Waals surface area contributed by atoms with Gasteiger partial charge in [0, 0.05) is 17.9 Å². The maximum Gasteiger partial charge on any atom is 0.317 e. The van der Waals surface area contributed by atoms with Crippen molar-refractivity contribution in [1.82, 2.24) is 19.9 Å². The fourth-order valence-corrected chi connectivity index (χ4v) is 4.02. The van der Waals surface area contributed by atoms with Gasteiger partial charge in [-0.05, 0) is 44.9 Å². The van der Waals surface area contributed by atoms with Gasteiger partial charge < -0.3 is 14.1 Å². The molecule has 4 rings (SSSR count). The molecule has 1 fully saturated rings. The van der Waals surface area contributed by atoms with E-state index >= 15 is 0 Å². The zero-order chi connectivity index (χ0) is 19.5. The number of aromatic nitrogens is 3. The Balaban J connectivity index is 1.33. The number of benzene rings is 1. The number of rotatable bonds is 5. The molecule has 1 aliphatic rings. The van der Waals surface area contributed by atoms with E-state index in [-0.39, 0.29) is 12.0 Å². The lowest BCUT2D eigenvalue weighted by Crippen LogP contribution is -2.45. The standard InChI is InChI=1S/C20H22N4O3S/c1-13-10-14(2)22-19(21-13)26-15-6-5-9-24(11-15)18(25)12-28-20-23-16-7-3-4-8-17(16)27-20/h3-4,7-8,10,15H,5-6,9,11-12H2,1-2H3. The van der Waals surface area contributed by atoms with Crippen LogP contribution in [0.15, 0.2) is 40.0 Å². The number of fused-ring (bicyclic) bond motifs is 1. The molecule has 1 aromatic carbocycles. The number of para-hydroxylation sites is 2. The zero-order valence-electron chi connectivity index (χ0n) is 15.9. The molecule has 0 bridgehead atoms. The van der Waals surface area contributed by atoms with E-state index in [1.165, 1.54) is 11.8 Å². The van der Waals surface area contributed by atoms with Gasteiger partial charge in [0.1, 0.15) is 11.6 Å². The SMILES string of the molecule is Cc1cc(C)nc(OC2CCCN(C(=O)CSc3nc4ccccc4o3)C2)n1. The molecule has 146 valence electrons. The van der Waals surface area contributed by atoms with Crippen LogP contribution < -0.4 is 4.74 Å². The summed E-state index contributed by atoms with van der Waals surface area (Å²) in [5, 5.41) is 0.517. The molecule has 2 aromatic heterocycles. The fourth-order valence-electron chi connectivity index (χ4n) is 3.28. The second kappa shape index (κ2) is 8.18. The number of carbonyl (C=O) groups is 1. The summed E-state index contributed by atoms with van der Waals surface area (Å²) in [6.07, 6.45) is 1.70. The van der Waals surface area contributed by atoms with Crippen LogP contribution >= 0.6 is 11.8 Å². The lowest BCUT2D eigenvalue weighted by Gasteiger charge is -2.32.